The second kappa shape index (κ2) is 6.92. The normalized spacial score (nSPS) is 10.4. The molecule has 0 bridgehead atoms. The van der Waals surface area contributed by atoms with Gasteiger partial charge in [0, 0.05) is 30.9 Å². The Morgan fingerprint density at radius 3 is 2.62 bits per heavy atom. The Morgan fingerprint density at radius 1 is 1.33 bits per heavy atom. The molecule has 0 aliphatic heterocycles. The van der Waals surface area contributed by atoms with E-state index in [9.17, 15) is 4.79 Å². The average Bonchev–Trinajstić information content (AvgIpc) is 2.91. The van der Waals surface area contributed by atoms with Crippen molar-refractivity contribution in [3.05, 3.63) is 47.3 Å². The fourth-order valence-electron chi connectivity index (χ4n) is 2.11. The van der Waals surface area contributed by atoms with E-state index in [1.54, 1.807) is 0 Å². The summed E-state index contributed by atoms with van der Waals surface area (Å²) in [6.07, 6.45) is 1.09. The number of carbonyl (C=O) groups is 1. The molecule has 0 saturated carbocycles. The van der Waals surface area contributed by atoms with Crippen molar-refractivity contribution in [1.82, 2.24) is 10.5 Å². The van der Waals surface area contributed by atoms with E-state index in [1.165, 1.54) is 0 Å². The maximum atomic E-state index is 12.0. The first-order chi connectivity index (χ1) is 10.1. The van der Waals surface area contributed by atoms with E-state index in [0.29, 0.717) is 12.1 Å². The van der Waals surface area contributed by atoms with Crippen LogP contribution < -0.4 is 10.2 Å². The third-order valence-corrected chi connectivity index (χ3v) is 3.24. The molecule has 0 aliphatic carbocycles. The standard InChI is InChI=1S/C16H21N3O2/c1-4-9-19(3)15-7-5-13(6-8-15)16(20)17-11-14-10-12(2)21-18-14/h5-8,10H,4,9,11H2,1-3H3,(H,17,20). The van der Waals surface area contributed by atoms with Gasteiger partial charge < -0.3 is 14.7 Å². The number of aromatic nitrogens is 1. The van der Waals surface area contributed by atoms with E-state index in [0.717, 1.165) is 30.1 Å². The highest BCUT2D eigenvalue weighted by Crippen LogP contribution is 2.14. The predicted octanol–water partition coefficient (Wildman–Crippen LogP) is 2.76. The number of aryl methyl sites for hydroxylation is 1. The van der Waals surface area contributed by atoms with Crippen LogP contribution in [0.3, 0.4) is 0 Å². The summed E-state index contributed by atoms with van der Waals surface area (Å²) in [5.74, 6) is 0.628. The Labute approximate surface area is 124 Å². The number of rotatable bonds is 6. The number of nitrogens with one attached hydrogen (secondary N) is 1. The van der Waals surface area contributed by atoms with Crippen molar-refractivity contribution in [3.8, 4) is 0 Å². The van der Waals surface area contributed by atoms with E-state index in [1.807, 2.05) is 44.3 Å². The first-order valence-corrected chi connectivity index (χ1v) is 7.11. The van der Waals surface area contributed by atoms with Crippen molar-refractivity contribution in [2.45, 2.75) is 26.8 Å². The first-order valence-electron chi connectivity index (χ1n) is 7.11. The van der Waals surface area contributed by atoms with Crippen LogP contribution in [-0.2, 0) is 6.54 Å². The zero-order chi connectivity index (χ0) is 15.2. The molecular weight excluding hydrogens is 266 g/mol. The molecular formula is C16H21N3O2. The lowest BCUT2D eigenvalue weighted by atomic mass is 10.2. The van der Waals surface area contributed by atoms with Crippen LogP contribution in [0.5, 0.6) is 0 Å². The molecule has 5 heteroatoms. The highest BCUT2D eigenvalue weighted by atomic mass is 16.5. The van der Waals surface area contributed by atoms with Gasteiger partial charge in [-0.2, -0.15) is 0 Å². The molecule has 0 saturated heterocycles. The molecule has 0 radical (unpaired) electrons. The summed E-state index contributed by atoms with van der Waals surface area (Å²) in [6, 6.07) is 9.41. The van der Waals surface area contributed by atoms with Gasteiger partial charge in [0.25, 0.3) is 5.91 Å². The summed E-state index contributed by atoms with van der Waals surface area (Å²) in [4.78, 5) is 14.2. The molecule has 5 nitrogen and oxygen atoms in total. The Morgan fingerprint density at radius 2 is 2.05 bits per heavy atom. The average molecular weight is 287 g/mol. The maximum absolute atomic E-state index is 12.0. The van der Waals surface area contributed by atoms with Gasteiger partial charge in [-0.3, -0.25) is 4.79 Å². The highest BCUT2D eigenvalue weighted by Gasteiger charge is 2.08. The molecule has 0 atom stereocenters. The summed E-state index contributed by atoms with van der Waals surface area (Å²) in [6.45, 7) is 5.33. The summed E-state index contributed by atoms with van der Waals surface area (Å²) in [5, 5.41) is 6.67. The van der Waals surface area contributed by atoms with Crippen LogP contribution in [0.1, 0.15) is 35.2 Å². The van der Waals surface area contributed by atoms with E-state index >= 15 is 0 Å². The molecule has 1 aromatic carbocycles. The number of nitrogens with zero attached hydrogens (tertiary/aromatic N) is 2. The third-order valence-electron chi connectivity index (χ3n) is 3.24. The van der Waals surface area contributed by atoms with Gasteiger partial charge in [-0.1, -0.05) is 12.1 Å². The van der Waals surface area contributed by atoms with Gasteiger partial charge in [-0.25, -0.2) is 0 Å². The first kappa shape index (κ1) is 15.1. The minimum absolute atomic E-state index is 0.111. The molecule has 0 unspecified atom stereocenters. The number of hydrogen-bond acceptors (Lipinski definition) is 4. The second-order valence-electron chi connectivity index (χ2n) is 5.08. The summed E-state index contributed by atoms with van der Waals surface area (Å²) in [5.41, 5.74) is 2.48. The molecule has 1 N–H and O–H groups in total. The van der Waals surface area contributed by atoms with Crippen molar-refractivity contribution in [2.75, 3.05) is 18.5 Å². The molecule has 1 heterocycles. The number of anilines is 1. The molecule has 1 aromatic heterocycles. The Balaban J connectivity index is 1.93. The summed E-state index contributed by atoms with van der Waals surface area (Å²) >= 11 is 0. The smallest absolute Gasteiger partial charge is 0.251 e. The maximum Gasteiger partial charge on any atom is 0.251 e. The van der Waals surface area contributed by atoms with Crippen LogP contribution in [0, 0.1) is 6.92 Å². The molecule has 1 amide bonds. The number of carbonyl (C=O) groups excluding carboxylic acids is 1. The molecule has 0 fully saturated rings. The molecule has 0 aliphatic rings. The quantitative estimate of drug-likeness (QED) is 0.887. The SMILES string of the molecule is CCCN(C)c1ccc(C(=O)NCc2cc(C)on2)cc1. The van der Waals surface area contributed by atoms with Crippen molar-refractivity contribution in [3.63, 3.8) is 0 Å². The van der Waals surface area contributed by atoms with Crippen molar-refractivity contribution in [2.24, 2.45) is 0 Å². The largest absolute Gasteiger partial charge is 0.375 e. The van der Waals surface area contributed by atoms with Crippen LogP contribution in [0.2, 0.25) is 0 Å². The fraction of sp³-hybridized carbons (Fsp3) is 0.375. The van der Waals surface area contributed by atoms with Crippen molar-refractivity contribution >= 4 is 11.6 Å². The zero-order valence-electron chi connectivity index (χ0n) is 12.7. The molecule has 0 spiro atoms. The van der Waals surface area contributed by atoms with E-state index in [-0.39, 0.29) is 5.91 Å². The van der Waals surface area contributed by atoms with Gasteiger partial charge >= 0.3 is 0 Å². The molecule has 2 rings (SSSR count). The summed E-state index contributed by atoms with van der Waals surface area (Å²) in [7, 11) is 2.05. The predicted molar refractivity (Wildman–Crippen MR) is 82.4 cm³/mol. The van der Waals surface area contributed by atoms with E-state index in [4.69, 9.17) is 4.52 Å². The monoisotopic (exact) mass is 287 g/mol. The number of benzene rings is 1. The van der Waals surface area contributed by atoms with Gasteiger partial charge in [0.1, 0.15) is 11.5 Å². The Hall–Kier alpha value is -2.30. The van der Waals surface area contributed by atoms with Gasteiger partial charge in [-0.15, -0.1) is 0 Å². The topological polar surface area (TPSA) is 58.4 Å². The van der Waals surface area contributed by atoms with Crippen LogP contribution in [-0.4, -0.2) is 24.7 Å². The number of amides is 1. The van der Waals surface area contributed by atoms with Gasteiger partial charge in [0.2, 0.25) is 0 Å². The highest BCUT2D eigenvalue weighted by molar-refractivity contribution is 5.94. The van der Waals surface area contributed by atoms with Crippen LogP contribution in [0.25, 0.3) is 0 Å². The van der Waals surface area contributed by atoms with Crippen LogP contribution in [0.15, 0.2) is 34.9 Å². The second-order valence-corrected chi connectivity index (χ2v) is 5.08. The lowest BCUT2D eigenvalue weighted by Gasteiger charge is -2.18. The lowest BCUT2D eigenvalue weighted by Crippen LogP contribution is -2.23. The van der Waals surface area contributed by atoms with Crippen LogP contribution >= 0.6 is 0 Å². The minimum Gasteiger partial charge on any atom is -0.375 e. The minimum atomic E-state index is -0.111. The van der Waals surface area contributed by atoms with E-state index < -0.39 is 0 Å². The zero-order valence-corrected chi connectivity index (χ0v) is 12.7. The van der Waals surface area contributed by atoms with Gasteiger partial charge in [0.05, 0.1) is 6.54 Å². The number of hydrogen-bond donors (Lipinski definition) is 1. The van der Waals surface area contributed by atoms with Gasteiger partial charge in [-0.05, 0) is 37.6 Å². The van der Waals surface area contributed by atoms with Crippen molar-refractivity contribution < 1.29 is 9.32 Å². The van der Waals surface area contributed by atoms with E-state index in [2.05, 4.69) is 22.3 Å². The third kappa shape index (κ3) is 4.08. The molecule has 2 aromatic rings. The summed E-state index contributed by atoms with van der Waals surface area (Å²) < 4.78 is 4.96. The van der Waals surface area contributed by atoms with Gasteiger partial charge in [0.15, 0.2) is 0 Å². The van der Waals surface area contributed by atoms with Crippen molar-refractivity contribution in [1.29, 1.82) is 0 Å². The Bertz CT molecular complexity index is 590. The molecule has 112 valence electrons. The molecule has 21 heavy (non-hydrogen) atoms. The lowest BCUT2D eigenvalue weighted by molar-refractivity contribution is 0.0950. The fourth-order valence-corrected chi connectivity index (χ4v) is 2.11. The van der Waals surface area contributed by atoms with Crippen LogP contribution in [0.4, 0.5) is 5.69 Å². The Kier molecular flexibility index (Phi) is 4.98.